The highest BCUT2D eigenvalue weighted by Gasteiger charge is 2.13. The van der Waals surface area contributed by atoms with Crippen LogP contribution in [0.3, 0.4) is 0 Å². The Morgan fingerprint density at radius 3 is 2.53 bits per heavy atom. The van der Waals surface area contributed by atoms with Gasteiger partial charge in [0.1, 0.15) is 0 Å². The molecule has 2 rings (SSSR count). The van der Waals surface area contributed by atoms with Crippen LogP contribution in [0.5, 0.6) is 0 Å². The quantitative estimate of drug-likeness (QED) is 0.498. The molecule has 0 radical (unpaired) electrons. The molecule has 1 atom stereocenters. The molecule has 0 heterocycles. The molecule has 2 aromatic carbocycles. The van der Waals surface area contributed by atoms with Gasteiger partial charge in [-0.3, -0.25) is 11.3 Å². The molecule has 0 aliphatic carbocycles. The third kappa shape index (κ3) is 3.74. The number of hydrazine groups is 1. The predicted octanol–water partition coefficient (Wildman–Crippen LogP) is 3.95. The van der Waals surface area contributed by atoms with Crippen LogP contribution in [0.4, 0.5) is 0 Å². The lowest BCUT2D eigenvalue weighted by atomic mass is 10.1. The smallest absolute Gasteiger partial charge is 0.0568 e. The third-order valence-corrected chi connectivity index (χ3v) is 4.59. The maximum atomic E-state index is 6.21. The number of nitrogens with two attached hydrogens (primary N) is 1. The van der Waals surface area contributed by atoms with Crippen LogP contribution < -0.4 is 11.3 Å². The summed E-state index contributed by atoms with van der Waals surface area (Å²) < 4.78 is 0. The molecule has 19 heavy (non-hydrogen) atoms. The van der Waals surface area contributed by atoms with Gasteiger partial charge in [0.05, 0.1) is 6.04 Å². The molecule has 0 fully saturated rings. The summed E-state index contributed by atoms with van der Waals surface area (Å²) in [5.74, 6) is 6.49. The second kappa shape index (κ2) is 6.96. The van der Waals surface area contributed by atoms with E-state index in [-0.39, 0.29) is 6.04 Å². The van der Waals surface area contributed by atoms with E-state index in [9.17, 15) is 0 Å². The summed E-state index contributed by atoms with van der Waals surface area (Å²) in [6, 6.07) is 16.2. The fraction of sp³-hybridized carbons (Fsp3) is 0.200. The normalized spacial score (nSPS) is 12.4. The van der Waals surface area contributed by atoms with Gasteiger partial charge >= 0.3 is 0 Å². The van der Waals surface area contributed by atoms with Crippen LogP contribution in [-0.2, 0) is 0 Å². The van der Waals surface area contributed by atoms with Crippen molar-refractivity contribution < 1.29 is 0 Å². The maximum Gasteiger partial charge on any atom is 0.0568 e. The lowest BCUT2D eigenvalue weighted by molar-refractivity contribution is 0.611. The summed E-state index contributed by atoms with van der Waals surface area (Å²) in [6.45, 7) is 2.11. The van der Waals surface area contributed by atoms with Crippen molar-refractivity contribution >= 4 is 23.4 Å². The summed E-state index contributed by atoms with van der Waals surface area (Å²) in [7, 11) is 0. The van der Waals surface area contributed by atoms with Gasteiger partial charge in [0, 0.05) is 15.7 Å². The van der Waals surface area contributed by atoms with E-state index in [1.54, 1.807) is 11.8 Å². The third-order valence-electron chi connectivity index (χ3n) is 2.98. The van der Waals surface area contributed by atoms with Crippen molar-refractivity contribution in [2.75, 3.05) is 5.75 Å². The van der Waals surface area contributed by atoms with Gasteiger partial charge < -0.3 is 0 Å². The van der Waals surface area contributed by atoms with Crippen LogP contribution in [0.1, 0.15) is 17.2 Å². The van der Waals surface area contributed by atoms with E-state index in [0.29, 0.717) is 0 Å². The molecule has 2 nitrogen and oxygen atoms in total. The van der Waals surface area contributed by atoms with Crippen molar-refractivity contribution in [2.45, 2.75) is 17.9 Å². The number of benzene rings is 2. The minimum Gasteiger partial charge on any atom is -0.271 e. The van der Waals surface area contributed by atoms with E-state index in [0.717, 1.165) is 16.3 Å². The number of thioether (sulfide) groups is 1. The Labute approximate surface area is 123 Å². The van der Waals surface area contributed by atoms with Gasteiger partial charge in [-0.05, 0) is 30.2 Å². The summed E-state index contributed by atoms with van der Waals surface area (Å²) >= 11 is 7.99. The van der Waals surface area contributed by atoms with E-state index in [1.165, 1.54) is 10.5 Å². The number of aryl methyl sites for hydroxylation is 1. The second-order valence-electron chi connectivity index (χ2n) is 4.32. The summed E-state index contributed by atoms with van der Waals surface area (Å²) in [5, 5.41) is 0.746. The second-order valence-corrected chi connectivity index (χ2v) is 5.79. The predicted molar refractivity (Wildman–Crippen MR) is 83.4 cm³/mol. The number of hydrogen-bond donors (Lipinski definition) is 2. The van der Waals surface area contributed by atoms with Crippen LogP contribution >= 0.6 is 23.4 Å². The zero-order valence-corrected chi connectivity index (χ0v) is 12.3. The molecular formula is C15H17ClN2S. The first-order chi connectivity index (χ1) is 9.22. The maximum absolute atomic E-state index is 6.21. The van der Waals surface area contributed by atoms with E-state index < -0.39 is 0 Å². The topological polar surface area (TPSA) is 38.0 Å². The van der Waals surface area contributed by atoms with E-state index in [4.69, 9.17) is 17.4 Å². The highest BCUT2D eigenvalue weighted by molar-refractivity contribution is 7.99. The van der Waals surface area contributed by atoms with Crippen LogP contribution in [0.2, 0.25) is 5.02 Å². The number of hydrogen-bond acceptors (Lipinski definition) is 3. The molecule has 0 spiro atoms. The van der Waals surface area contributed by atoms with E-state index >= 15 is 0 Å². The minimum atomic E-state index is 0.0401. The molecular weight excluding hydrogens is 276 g/mol. The van der Waals surface area contributed by atoms with Gasteiger partial charge in [-0.15, -0.1) is 11.8 Å². The van der Waals surface area contributed by atoms with Gasteiger partial charge in [0.15, 0.2) is 0 Å². The van der Waals surface area contributed by atoms with Crippen molar-refractivity contribution in [3.8, 4) is 0 Å². The highest BCUT2D eigenvalue weighted by atomic mass is 35.5. The number of halogens is 1. The number of rotatable bonds is 5. The van der Waals surface area contributed by atoms with Gasteiger partial charge in [0.25, 0.3) is 0 Å². The molecule has 1 unspecified atom stereocenters. The summed E-state index contributed by atoms with van der Waals surface area (Å²) in [4.78, 5) is 1.27. The molecule has 3 N–H and O–H groups in total. The Hall–Kier alpha value is -1.00. The standard InChI is InChI=1S/C15H17ClN2S/c1-11-6-2-5-9-15(11)19-10-14(18-17)12-7-3-4-8-13(12)16/h2-9,14,18H,10,17H2,1H3. The Kier molecular flexibility index (Phi) is 5.28. The van der Waals surface area contributed by atoms with Crippen molar-refractivity contribution in [3.05, 3.63) is 64.7 Å². The van der Waals surface area contributed by atoms with Crippen LogP contribution in [0.25, 0.3) is 0 Å². The van der Waals surface area contributed by atoms with Crippen LogP contribution in [0, 0.1) is 6.92 Å². The van der Waals surface area contributed by atoms with Crippen molar-refractivity contribution in [2.24, 2.45) is 5.84 Å². The van der Waals surface area contributed by atoms with E-state index in [2.05, 4.69) is 30.5 Å². The molecule has 0 aromatic heterocycles. The fourth-order valence-electron chi connectivity index (χ4n) is 1.88. The first kappa shape index (κ1) is 14.4. The molecule has 0 amide bonds. The van der Waals surface area contributed by atoms with Crippen LogP contribution in [-0.4, -0.2) is 5.75 Å². The Bertz CT molecular complexity index is 545. The van der Waals surface area contributed by atoms with Gasteiger partial charge in [-0.2, -0.15) is 0 Å². The lowest BCUT2D eigenvalue weighted by Gasteiger charge is -2.17. The average Bonchev–Trinajstić information content (AvgIpc) is 2.43. The first-order valence-electron chi connectivity index (χ1n) is 6.11. The fourth-order valence-corrected chi connectivity index (χ4v) is 3.24. The summed E-state index contributed by atoms with van der Waals surface area (Å²) in [6.07, 6.45) is 0. The van der Waals surface area contributed by atoms with Gasteiger partial charge in [0.2, 0.25) is 0 Å². The zero-order valence-electron chi connectivity index (χ0n) is 10.8. The first-order valence-corrected chi connectivity index (χ1v) is 7.47. The van der Waals surface area contributed by atoms with Crippen LogP contribution in [0.15, 0.2) is 53.4 Å². The van der Waals surface area contributed by atoms with Gasteiger partial charge in [-0.25, -0.2) is 0 Å². The molecule has 0 saturated carbocycles. The van der Waals surface area contributed by atoms with Crippen molar-refractivity contribution in [3.63, 3.8) is 0 Å². The summed E-state index contributed by atoms with van der Waals surface area (Å²) in [5.41, 5.74) is 5.16. The lowest BCUT2D eigenvalue weighted by Crippen LogP contribution is -2.29. The largest absolute Gasteiger partial charge is 0.271 e. The SMILES string of the molecule is Cc1ccccc1SCC(NN)c1ccccc1Cl. The Balaban J connectivity index is 2.09. The van der Waals surface area contributed by atoms with Gasteiger partial charge in [-0.1, -0.05) is 48.0 Å². The molecule has 0 bridgehead atoms. The number of nitrogens with one attached hydrogen (secondary N) is 1. The minimum absolute atomic E-state index is 0.0401. The molecule has 0 saturated heterocycles. The molecule has 4 heteroatoms. The molecule has 0 aliphatic heterocycles. The average molecular weight is 293 g/mol. The molecule has 2 aromatic rings. The highest BCUT2D eigenvalue weighted by Crippen LogP contribution is 2.29. The molecule has 100 valence electrons. The van der Waals surface area contributed by atoms with Crippen molar-refractivity contribution in [1.82, 2.24) is 5.43 Å². The zero-order chi connectivity index (χ0) is 13.7. The Morgan fingerprint density at radius 1 is 1.16 bits per heavy atom. The van der Waals surface area contributed by atoms with Crippen molar-refractivity contribution in [1.29, 1.82) is 0 Å². The Morgan fingerprint density at radius 2 is 1.84 bits per heavy atom. The monoisotopic (exact) mass is 292 g/mol. The van der Waals surface area contributed by atoms with E-state index in [1.807, 2.05) is 30.3 Å². The molecule has 0 aliphatic rings.